The molecule has 0 saturated heterocycles. The number of carboxylic acids is 2. The first-order valence-electron chi connectivity index (χ1n) is 6.08. The molecule has 3 fully saturated rings. The Balaban J connectivity index is 2.58. The summed E-state index contributed by atoms with van der Waals surface area (Å²) in [5.41, 5.74) is -1.19. The molecule has 0 aromatic carbocycles. The number of carbonyl (C=O) groups excluding carboxylic acids is 1. The van der Waals surface area contributed by atoms with E-state index < -0.39 is 40.5 Å². The standard InChI is InChI=1S/C13H18O5/c1-12(2)5-13(3)4-6(14)8(12)7(10(15)16)9(13)11(17)18/h7-9H,4-5H2,1-3H3,(H,15,16)(H,17,18)/t7-,8-,9+,13+/m0/s1. The van der Waals surface area contributed by atoms with Crippen molar-refractivity contribution in [2.45, 2.75) is 33.6 Å². The van der Waals surface area contributed by atoms with Crippen molar-refractivity contribution in [3.8, 4) is 0 Å². The lowest BCUT2D eigenvalue weighted by molar-refractivity contribution is -0.189. The molecule has 0 amide bonds. The lowest BCUT2D eigenvalue weighted by atomic mass is 9.43. The molecule has 4 atom stereocenters. The van der Waals surface area contributed by atoms with Crippen molar-refractivity contribution < 1.29 is 24.6 Å². The summed E-state index contributed by atoms with van der Waals surface area (Å²) in [6.07, 6.45) is 0.763. The van der Waals surface area contributed by atoms with E-state index in [0.29, 0.717) is 6.42 Å². The van der Waals surface area contributed by atoms with Crippen molar-refractivity contribution in [3.05, 3.63) is 0 Å². The molecule has 0 aromatic heterocycles. The van der Waals surface area contributed by atoms with Crippen LogP contribution < -0.4 is 0 Å². The van der Waals surface area contributed by atoms with Gasteiger partial charge >= 0.3 is 11.9 Å². The summed E-state index contributed by atoms with van der Waals surface area (Å²) in [6.45, 7) is 5.46. The number of rotatable bonds is 2. The van der Waals surface area contributed by atoms with Crippen molar-refractivity contribution in [1.29, 1.82) is 0 Å². The summed E-state index contributed by atoms with van der Waals surface area (Å²) in [7, 11) is 0. The molecule has 3 saturated carbocycles. The maximum atomic E-state index is 12.1. The number of carbonyl (C=O) groups is 3. The highest BCUT2D eigenvalue weighted by Crippen LogP contribution is 2.62. The number of hydrogen-bond acceptors (Lipinski definition) is 3. The number of fused-ring (bicyclic) bond motifs is 3. The Morgan fingerprint density at radius 3 is 2.11 bits per heavy atom. The normalized spacial score (nSPS) is 41.7. The number of aliphatic carboxylic acids is 2. The molecule has 0 spiro atoms. The average Bonchev–Trinajstić information content (AvgIpc) is 2.10. The largest absolute Gasteiger partial charge is 0.481 e. The van der Waals surface area contributed by atoms with Gasteiger partial charge in [0.2, 0.25) is 0 Å². The fourth-order valence-corrected chi connectivity index (χ4v) is 4.43. The van der Waals surface area contributed by atoms with Crippen LogP contribution in [0, 0.1) is 28.6 Å². The van der Waals surface area contributed by atoms with Crippen LogP contribution in [0.4, 0.5) is 0 Å². The smallest absolute Gasteiger partial charge is 0.308 e. The SMILES string of the molecule is CC1(C)C[C@@]2(C)CC(=O)[C@H]1[C@H](C(=O)O)[C@@H]2C(=O)O. The Morgan fingerprint density at radius 2 is 1.72 bits per heavy atom. The zero-order valence-corrected chi connectivity index (χ0v) is 10.8. The van der Waals surface area contributed by atoms with Gasteiger partial charge in [-0.05, 0) is 17.3 Å². The zero-order chi connectivity index (χ0) is 13.9. The van der Waals surface area contributed by atoms with Gasteiger partial charge in [-0.25, -0.2) is 0 Å². The second kappa shape index (κ2) is 3.56. The molecule has 3 aliphatic carbocycles. The number of ketones is 1. The minimum atomic E-state index is -1.17. The van der Waals surface area contributed by atoms with E-state index in [0.717, 1.165) is 0 Å². The predicted octanol–water partition coefficient (Wildman–Crippen LogP) is 1.41. The van der Waals surface area contributed by atoms with Gasteiger partial charge in [0.05, 0.1) is 11.8 Å². The van der Waals surface area contributed by atoms with Gasteiger partial charge < -0.3 is 10.2 Å². The van der Waals surface area contributed by atoms with E-state index >= 15 is 0 Å². The number of Topliss-reactive ketones (excluding diaryl/α,β-unsaturated/α-hetero) is 1. The Kier molecular flexibility index (Phi) is 2.58. The van der Waals surface area contributed by atoms with Crippen LogP contribution in [0.3, 0.4) is 0 Å². The van der Waals surface area contributed by atoms with Gasteiger partial charge in [-0.2, -0.15) is 0 Å². The highest BCUT2D eigenvalue weighted by Gasteiger charge is 2.65. The monoisotopic (exact) mass is 254 g/mol. The van der Waals surface area contributed by atoms with Crippen molar-refractivity contribution in [2.24, 2.45) is 28.6 Å². The van der Waals surface area contributed by atoms with Gasteiger partial charge in [0, 0.05) is 12.3 Å². The van der Waals surface area contributed by atoms with E-state index in [1.54, 1.807) is 6.92 Å². The van der Waals surface area contributed by atoms with Crippen LogP contribution in [0.1, 0.15) is 33.6 Å². The topological polar surface area (TPSA) is 91.7 Å². The third kappa shape index (κ3) is 1.56. The molecule has 2 bridgehead atoms. The molecule has 0 aliphatic heterocycles. The second-order valence-electron chi connectivity index (χ2n) is 6.62. The molecule has 3 aliphatic rings. The van der Waals surface area contributed by atoms with Crippen LogP contribution in [0.2, 0.25) is 0 Å². The zero-order valence-electron chi connectivity index (χ0n) is 10.8. The maximum absolute atomic E-state index is 12.1. The van der Waals surface area contributed by atoms with Crippen LogP contribution in [-0.2, 0) is 14.4 Å². The van der Waals surface area contributed by atoms with E-state index in [4.69, 9.17) is 0 Å². The van der Waals surface area contributed by atoms with Crippen LogP contribution in [-0.4, -0.2) is 27.9 Å². The molecule has 0 unspecified atom stereocenters. The van der Waals surface area contributed by atoms with Gasteiger partial charge in [-0.3, -0.25) is 14.4 Å². The molecule has 5 heteroatoms. The van der Waals surface area contributed by atoms with Crippen LogP contribution in [0.5, 0.6) is 0 Å². The molecule has 0 heterocycles. The first-order valence-corrected chi connectivity index (χ1v) is 6.08. The van der Waals surface area contributed by atoms with Crippen molar-refractivity contribution in [3.63, 3.8) is 0 Å². The van der Waals surface area contributed by atoms with E-state index in [1.807, 2.05) is 13.8 Å². The molecule has 100 valence electrons. The third-order valence-corrected chi connectivity index (χ3v) is 4.65. The molecule has 0 aromatic rings. The first kappa shape index (κ1) is 13.1. The highest BCUT2D eigenvalue weighted by molar-refractivity contribution is 5.94. The van der Waals surface area contributed by atoms with Crippen LogP contribution >= 0.6 is 0 Å². The number of carboxylic acid groups (broad SMARTS) is 2. The van der Waals surface area contributed by atoms with Crippen LogP contribution in [0.15, 0.2) is 0 Å². The number of hydrogen-bond donors (Lipinski definition) is 2. The lowest BCUT2D eigenvalue weighted by Gasteiger charge is -2.58. The van der Waals surface area contributed by atoms with Crippen molar-refractivity contribution in [2.75, 3.05) is 0 Å². The summed E-state index contributed by atoms with van der Waals surface area (Å²) in [6, 6.07) is 0. The molecule has 2 N–H and O–H groups in total. The third-order valence-electron chi connectivity index (χ3n) is 4.65. The Labute approximate surface area is 105 Å². The Morgan fingerprint density at radius 1 is 1.17 bits per heavy atom. The van der Waals surface area contributed by atoms with Crippen molar-refractivity contribution >= 4 is 17.7 Å². The lowest BCUT2D eigenvalue weighted by Crippen LogP contribution is -2.62. The minimum absolute atomic E-state index is 0.0985. The molecule has 5 nitrogen and oxygen atoms in total. The predicted molar refractivity (Wildman–Crippen MR) is 61.9 cm³/mol. The summed E-state index contributed by atoms with van der Waals surface area (Å²) < 4.78 is 0. The van der Waals surface area contributed by atoms with E-state index in [2.05, 4.69) is 0 Å². The van der Waals surface area contributed by atoms with Gasteiger partial charge in [-0.15, -0.1) is 0 Å². The summed E-state index contributed by atoms with van der Waals surface area (Å²) >= 11 is 0. The minimum Gasteiger partial charge on any atom is -0.481 e. The van der Waals surface area contributed by atoms with E-state index in [9.17, 15) is 24.6 Å². The average molecular weight is 254 g/mol. The van der Waals surface area contributed by atoms with E-state index in [-0.39, 0.29) is 12.2 Å². The summed E-state index contributed by atoms with van der Waals surface area (Å²) in [4.78, 5) is 34.9. The Bertz CT molecular complexity index is 437. The van der Waals surface area contributed by atoms with Crippen molar-refractivity contribution in [1.82, 2.24) is 0 Å². The Hall–Kier alpha value is -1.39. The van der Waals surface area contributed by atoms with Gasteiger partial charge in [0.15, 0.2) is 0 Å². The summed E-state index contributed by atoms with van der Waals surface area (Å²) in [5.74, 6) is -5.11. The summed E-state index contributed by atoms with van der Waals surface area (Å²) in [5, 5.41) is 18.7. The molecular weight excluding hydrogens is 236 g/mol. The second-order valence-corrected chi connectivity index (χ2v) is 6.62. The first-order chi connectivity index (χ1) is 8.10. The van der Waals surface area contributed by atoms with Gasteiger partial charge in [-0.1, -0.05) is 20.8 Å². The molecular formula is C13H18O5. The fourth-order valence-electron chi connectivity index (χ4n) is 4.43. The maximum Gasteiger partial charge on any atom is 0.308 e. The molecule has 0 radical (unpaired) electrons. The van der Waals surface area contributed by atoms with Gasteiger partial charge in [0.25, 0.3) is 0 Å². The fraction of sp³-hybridized carbons (Fsp3) is 0.769. The molecule has 18 heavy (non-hydrogen) atoms. The molecule has 3 rings (SSSR count). The van der Waals surface area contributed by atoms with Crippen LogP contribution in [0.25, 0.3) is 0 Å². The van der Waals surface area contributed by atoms with E-state index in [1.165, 1.54) is 0 Å². The quantitative estimate of drug-likeness (QED) is 0.777. The highest BCUT2D eigenvalue weighted by atomic mass is 16.4. The van der Waals surface area contributed by atoms with Gasteiger partial charge in [0.1, 0.15) is 5.78 Å².